The highest BCUT2D eigenvalue weighted by molar-refractivity contribution is 6.05. The molecule has 6 nitrogen and oxygen atoms in total. The van der Waals surface area contributed by atoms with Crippen molar-refractivity contribution in [2.45, 2.75) is 33.2 Å². The predicted octanol–water partition coefficient (Wildman–Crippen LogP) is 1.91. The SMILES string of the molecule is CC#CCCn1ncc2c(N)c(C(=O)N(C)CCC)cnc21. The molecule has 0 aliphatic heterocycles. The number of aromatic nitrogens is 3. The summed E-state index contributed by atoms with van der Waals surface area (Å²) in [5.74, 6) is 5.73. The summed E-state index contributed by atoms with van der Waals surface area (Å²) in [6.45, 7) is 5.17. The monoisotopic (exact) mass is 299 g/mol. The second-order valence-electron chi connectivity index (χ2n) is 5.09. The molecule has 6 heteroatoms. The van der Waals surface area contributed by atoms with Crippen LogP contribution >= 0.6 is 0 Å². The molecule has 2 N–H and O–H groups in total. The summed E-state index contributed by atoms with van der Waals surface area (Å²) in [6.07, 6.45) is 4.80. The number of anilines is 1. The molecule has 22 heavy (non-hydrogen) atoms. The first-order chi connectivity index (χ1) is 10.6. The summed E-state index contributed by atoms with van der Waals surface area (Å²) in [7, 11) is 1.77. The number of rotatable bonds is 5. The minimum atomic E-state index is -0.113. The average Bonchev–Trinajstić information content (AvgIpc) is 2.92. The van der Waals surface area contributed by atoms with Crippen molar-refractivity contribution in [2.75, 3.05) is 19.3 Å². The fourth-order valence-electron chi connectivity index (χ4n) is 2.31. The van der Waals surface area contributed by atoms with Crippen molar-refractivity contribution >= 4 is 22.6 Å². The van der Waals surface area contributed by atoms with E-state index in [1.54, 1.807) is 22.8 Å². The number of pyridine rings is 1. The molecule has 0 saturated carbocycles. The molecule has 0 aromatic carbocycles. The van der Waals surface area contributed by atoms with E-state index in [0.29, 0.717) is 41.8 Å². The number of carbonyl (C=O) groups excluding carboxylic acids is 1. The maximum Gasteiger partial charge on any atom is 0.257 e. The lowest BCUT2D eigenvalue weighted by atomic mass is 10.1. The van der Waals surface area contributed by atoms with Gasteiger partial charge < -0.3 is 10.6 Å². The minimum absolute atomic E-state index is 0.113. The Morgan fingerprint density at radius 3 is 2.91 bits per heavy atom. The third kappa shape index (κ3) is 3.03. The highest BCUT2D eigenvalue weighted by atomic mass is 16.2. The van der Waals surface area contributed by atoms with Gasteiger partial charge in [-0.3, -0.25) is 4.79 Å². The van der Waals surface area contributed by atoms with Crippen LogP contribution in [-0.4, -0.2) is 39.2 Å². The average molecular weight is 299 g/mol. The molecule has 2 aromatic rings. The quantitative estimate of drug-likeness (QED) is 0.856. The Labute approximate surface area is 130 Å². The molecule has 2 rings (SSSR count). The van der Waals surface area contributed by atoms with Crippen LogP contribution in [0.4, 0.5) is 5.69 Å². The van der Waals surface area contributed by atoms with Crippen LogP contribution in [0.25, 0.3) is 11.0 Å². The number of carbonyl (C=O) groups is 1. The Hall–Kier alpha value is -2.55. The molecule has 0 unspecified atom stereocenters. The fourth-order valence-corrected chi connectivity index (χ4v) is 2.31. The zero-order valence-corrected chi connectivity index (χ0v) is 13.3. The molecular weight excluding hydrogens is 278 g/mol. The number of fused-ring (bicyclic) bond motifs is 1. The van der Waals surface area contributed by atoms with Gasteiger partial charge in [-0.1, -0.05) is 6.92 Å². The summed E-state index contributed by atoms with van der Waals surface area (Å²) in [5.41, 5.74) is 7.70. The first kappa shape index (κ1) is 15.8. The molecule has 0 atom stereocenters. The molecule has 0 aliphatic carbocycles. The number of hydrogen-bond acceptors (Lipinski definition) is 4. The van der Waals surface area contributed by atoms with Crippen molar-refractivity contribution in [1.29, 1.82) is 0 Å². The van der Waals surface area contributed by atoms with Crippen LogP contribution in [0.5, 0.6) is 0 Å². The molecule has 0 radical (unpaired) electrons. The highest BCUT2D eigenvalue weighted by Gasteiger charge is 2.18. The molecule has 2 aromatic heterocycles. The Morgan fingerprint density at radius 1 is 1.45 bits per heavy atom. The zero-order valence-electron chi connectivity index (χ0n) is 13.3. The maximum absolute atomic E-state index is 12.4. The van der Waals surface area contributed by atoms with Crippen molar-refractivity contribution in [2.24, 2.45) is 0 Å². The van der Waals surface area contributed by atoms with Gasteiger partial charge in [-0.15, -0.1) is 11.8 Å². The zero-order chi connectivity index (χ0) is 16.1. The molecule has 0 spiro atoms. The van der Waals surface area contributed by atoms with Crippen LogP contribution in [0.3, 0.4) is 0 Å². The lowest BCUT2D eigenvalue weighted by Crippen LogP contribution is -2.28. The molecule has 116 valence electrons. The Bertz CT molecular complexity index is 738. The second-order valence-corrected chi connectivity index (χ2v) is 5.09. The van der Waals surface area contributed by atoms with Gasteiger partial charge in [0.05, 0.1) is 29.4 Å². The van der Waals surface area contributed by atoms with Crippen molar-refractivity contribution in [3.8, 4) is 11.8 Å². The highest BCUT2D eigenvalue weighted by Crippen LogP contribution is 2.23. The van der Waals surface area contributed by atoms with Crippen LogP contribution in [0.2, 0.25) is 0 Å². The van der Waals surface area contributed by atoms with Gasteiger partial charge in [-0.2, -0.15) is 5.10 Å². The third-order valence-electron chi connectivity index (χ3n) is 3.47. The fraction of sp³-hybridized carbons (Fsp3) is 0.438. The lowest BCUT2D eigenvalue weighted by Gasteiger charge is -2.17. The normalized spacial score (nSPS) is 10.3. The van der Waals surface area contributed by atoms with E-state index < -0.39 is 0 Å². The molecule has 0 saturated heterocycles. The number of nitrogens with zero attached hydrogens (tertiary/aromatic N) is 4. The lowest BCUT2D eigenvalue weighted by molar-refractivity contribution is 0.0796. The minimum Gasteiger partial charge on any atom is -0.397 e. The second kappa shape index (κ2) is 6.94. The maximum atomic E-state index is 12.4. The Balaban J connectivity index is 2.34. The summed E-state index contributed by atoms with van der Waals surface area (Å²) < 4.78 is 1.76. The van der Waals surface area contributed by atoms with E-state index in [9.17, 15) is 4.79 Å². The first-order valence-corrected chi connectivity index (χ1v) is 7.35. The topological polar surface area (TPSA) is 77.0 Å². The van der Waals surface area contributed by atoms with Gasteiger partial charge in [0.25, 0.3) is 5.91 Å². The number of amides is 1. The number of aryl methyl sites for hydroxylation is 1. The third-order valence-corrected chi connectivity index (χ3v) is 3.47. The van der Waals surface area contributed by atoms with Gasteiger partial charge in [0.1, 0.15) is 0 Å². The van der Waals surface area contributed by atoms with Crippen LogP contribution in [0, 0.1) is 11.8 Å². The van der Waals surface area contributed by atoms with Gasteiger partial charge in [0.2, 0.25) is 0 Å². The summed E-state index contributed by atoms with van der Waals surface area (Å²) >= 11 is 0. The first-order valence-electron chi connectivity index (χ1n) is 7.35. The van der Waals surface area contributed by atoms with Crippen molar-refractivity contribution in [3.63, 3.8) is 0 Å². The predicted molar refractivity (Wildman–Crippen MR) is 87.3 cm³/mol. The van der Waals surface area contributed by atoms with Crippen molar-refractivity contribution in [1.82, 2.24) is 19.7 Å². The number of nitrogen functional groups attached to an aromatic ring is 1. The standard InChI is InChI=1S/C16H21N5O/c1-4-6-7-9-21-15-12(11-19-21)14(17)13(10-18-15)16(22)20(3)8-5-2/h10-11H,5,7-9H2,1-3H3,(H2,17,18). The van der Waals surface area contributed by atoms with E-state index in [0.717, 1.165) is 6.42 Å². The van der Waals surface area contributed by atoms with E-state index in [1.807, 2.05) is 13.8 Å². The van der Waals surface area contributed by atoms with Crippen LogP contribution in [0.15, 0.2) is 12.4 Å². The van der Waals surface area contributed by atoms with E-state index in [2.05, 4.69) is 21.9 Å². The van der Waals surface area contributed by atoms with E-state index in [1.165, 1.54) is 6.20 Å². The molecule has 1 amide bonds. The van der Waals surface area contributed by atoms with Gasteiger partial charge in [-0.25, -0.2) is 9.67 Å². The largest absolute Gasteiger partial charge is 0.397 e. The van der Waals surface area contributed by atoms with Gasteiger partial charge in [0, 0.05) is 26.2 Å². The van der Waals surface area contributed by atoms with Crippen LogP contribution < -0.4 is 5.73 Å². The van der Waals surface area contributed by atoms with Crippen LogP contribution in [-0.2, 0) is 6.54 Å². The molecule has 0 bridgehead atoms. The van der Waals surface area contributed by atoms with Crippen molar-refractivity contribution < 1.29 is 4.79 Å². The molecule has 0 aliphatic rings. The van der Waals surface area contributed by atoms with Gasteiger partial charge in [0.15, 0.2) is 5.65 Å². The summed E-state index contributed by atoms with van der Waals surface area (Å²) in [5, 5.41) is 5.00. The molecule has 2 heterocycles. The van der Waals surface area contributed by atoms with E-state index in [-0.39, 0.29) is 5.91 Å². The molecule has 0 fully saturated rings. The summed E-state index contributed by atoms with van der Waals surface area (Å²) in [4.78, 5) is 18.4. The van der Waals surface area contributed by atoms with E-state index in [4.69, 9.17) is 5.73 Å². The smallest absolute Gasteiger partial charge is 0.257 e. The Morgan fingerprint density at radius 2 is 2.23 bits per heavy atom. The van der Waals surface area contributed by atoms with E-state index >= 15 is 0 Å². The van der Waals surface area contributed by atoms with Crippen LogP contribution in [0.1, 0.15) is 37.0 Å². The van der Waals surface area contributed by atoms with Gasteiger partial charge in [-0.05, 0) is 13.3 Å². The van der Waals surface area contributed by atoms with Gasteiger partial charge >= 0.3 is 0 Å². The molecular formula is C16H21N5O. The summed E-state index contributed by atoms with van der Waals surface area (Å²) in [6, 6.07) is 0. The van der Waals surface area contributed by atoms with Crippen molar-refractivity contribution in [3.05, 3.63) is 18.0 Å². The number of hydrogen-bond donors (Lipinski definition) is 1. The number of nitrogens with two attached hydrogens (primary N) is 1. The Kier molecular flexibility index (Phi) is 4.99.